The average Bonchev–Trinajstić information content (AvgIpc) is 3.42. The number of methoxy groups -OCH3 is 1. The van der Waals surface area contributed by atoms with E-state index >= 15 is 8.78 Å². The first-order valence-corrected chi connectivity index (χ1v) is 12.1. The third-order valence-corrected chi connectivity index (χ3v) is 7.38. The largest absolute Gasteiger partial charge is 0.479 e. The highest BCUT2D eigenvalue weighted by molar-refractivity contribution is 5.91. The Kier molecular flexibility index (Phi) is 5.71. The molecule has 0 amide bonds. The Morgan fingerprint density at radius 3 is 2.78 bits per heavy atom. The van der Waals surface area contributed by atoms with Gasteiger partial charge in [0.05, 0.1) is 50.4 Å². The number of piperidine rings is 1. The van der Waals surface area contributed by atoms with Gasteiger partial charge in [-0.15, -0.1) is 10.2 Å². The molecule has 0 spiro atoms. The summed E-state index contributed by atoms with van der Waals surface area (Å²) in [5.74, 6) is -3.95. The molecule has 5 heterocycles. The van der Waals surface area contributed by atoms with Crippen LogP contribution in [0.5, 0.6) is 5.88 Å². The molecule has 37 heavy (non-hydrogen) atoms. The number of benzene rings is 1. The zero-order valence-electron chi connectivity index (χ0n) is 20.4. The molecule has 6 rings (SSSR count). The Labute approximate surface area is 210 Å². The van der Waals surface area contributed by atoms with Crippen LogP contribution in [-0.2, 0) is 4.74 Å². The maximum atomic E-state index is 15.8. The summed E-state index contributed by atoms with van der Waals surface area (Å²) in [4.78, 5) is 6.01. The van der Waals surface area contributed by atoms with E-state index in [2.05, 4.69) is 20.4 Å². The molecular weight excluding hydrogens is 489 g/mol. The summed E-state index contributed by atoms with van der Waals surface area (Å²) in [7, 11) is 1.44. The van der Waals surface area contributed by atoms with Gasteiger partial charge in [-0.2, -0.15) is 4.98 Å². The van der Waals surface area contributed by atoms with Crippen LogP contribution < -0.4 is 10.5 Å². The van der Waals surface area contributed by atoms with Gasteiger partial charge in [-0.05, 0) is 43.1 Å². The Morgan fingerprint density at radius 1 is 1.30 bits per heavy atom. The van der Waals surface area contributed by atoms with E-state index < -0.39 is 24.6 Å². The third kappa shape index (κ3) is 3.87. The van der Waals surface area contributed by atoms with Crippen molar-refractivity contribution in [3.63, 3.8) is 0 Å². The highest BCUT2D eigenvalue weighted by Crippen LogP contribution is 2.47. The summed E-state index contributed by atoms with van der Waals surface area (Å²) in [6, 6.07) is 4.81. The molecule has 2 aliphatic heterocycles. The zero-order valence-corrected chi connectivity index (χ0v) is 20.4. The monoisotopic (exact) mass is 516 g/mol. The average molecular weight is 517 g/mol. The van der Waals surface area contributed by atoms with Gasteiger partial charge in [0, 0.05) is 11.8 Å². The van der Waals surface area contributed by atoms with Crippen molar-refractivity contribution in [3.8, 4) is 17.0 Å². The molecule has 3 aromatic heterocycles. The van der Waals surface area contributed by atoms with Crippen molar-refractivity contribution in [3.05, 3.63) is 30.0 Å². The van der Waals surface area contributed by atoms with Crippen molar-refractivity contribution in [2.45, 2.75) is 37.3 Å². The summed E-state index contributed by atoms with van der Waals surface area (Å²) < 4.78 is 58.7. The number of hydrogen-bond donors (Lipinski definition) is 1. The van der Waals surface area contributed by atoms with Crippen LogP contribution >= 0.6 is 0 Å². The van der Waals surface area contributed by atoms with E-state index in [1.54, 1.807) is 31.3 Å². The fourth-order valence-corrected chi connectivity index (χ4v) is 5.37. The second kappa shape index (κ2) is 8.84. The number of halogens is 3. The van der Waals surface area contributed by atoms with E-state index in [-0.39, 0.29) is 30.8 Å². The maximum absolute atomic E-state index is 15.8. The molecule has 2 saturated heterocycles. The lowest BCUT2D eigenvalue weighted by Gasteiger charge is -2.44. The van der Waals surface area contributed by atoms with Crippen molar-refractivity contribution in [1.29, 1.82) is 0 Å². The molecule has 2 N–H and O–H groups in total. The summed E-state index contributed by atoms with van der Waals surface area (Å²) in [6.45, 7) is 2.20. The number of likely N-dealkylation sites (tertiary alicyclic amines) is 1. The number of rotatable bonds is 6. The molecule has 2 fully saturated rings. The van der Waals surface area contributed by atoms with Gasteiger partial charge in [0.15, 0.2) is 0 Å². The topological polar surface area (TPSA) is 109 Å². The first-order valence-electron chi connectivity index (χ1n) is 12.1. The predicted molar refractivity (Wildman–Crippen MR) is 130 cm³/mol. The van der Waals surface area contributed by atoms with E-state index in [4.69, 9.17) is 15.2 Å². The first-order chi connectivity index (χ1) is 17.8. The lowest BCUT2D eigenvalue weighted by atomic mass is 9.83. The number of nitrogens with zero attached hydrogens (tertiary/aromatic N) is 7. The van der Waals surface area contributed by atoms with E-state index in [0.717, 1.165) is 0 Å². The van der Waals surface area contributed by atoms with Crippen LogP contribution in [0.25, 0.3) is 27.7 Å². The van der Waals surface area contributed by atoms with E-state index in [0.29, 0.717) is 53.0 Å². The standard InChI is InChI=1S/C24H27F3N8O2/c1-13(8-25)35-19-7-14(3-4-18(19)30-32-35)20-16(9-34-21(20)22(36-2)29-23(28)31-34)17-5-6-33(12-24(17,26)27)15-10-37-11-15/h3-4,7,9,13,15,17H,5-6,8,10-12H2,1-2H3,(H2,28,31)/t13-,17-/m1/s1. The number of ether oxygens (including phenoxy) is 2. The Hall–Kier alpha value is -3.45. The quantitative estimate of drug-likeness (QED) is 0.417. The minimum Gasteiger partial charge on any atom is -0.479 e. The molecule has 0 saturated carbocycles. The normalized spacial score (nSPS) is 21.4. The number of fused-ring (bicyclic) bond motifs is 2. The van der Waals surface area contributed by atoms with E-state index in [1.807, 2.05) is 4.90 Å². The van der Waals surface area contributed by atoms with Gasteiger partial charge in [-0.25, -0.2) is 22.4 Å². The predicted octanol–water partition coefficient (Wildman–Crippen LogP) is 3.09. The number of nitrogens with two attached hydrogens (primary N) is 1. The first kappa shape index (κ1) is 23.9. The lowest BCUT2D eigenvalue weighted by molar-refractivity contribution is -0.136. The maximum Gasteiger partial charge on any atom is 0.267 e. The minimum absolute atomic E-state index is 0.0258. The second-order valence-corrected chi connectivity index (χ2v) is 9.74. The molecule has 0 aliphatic carbocycles. The highest BCUT2D eigenvalue weighted by atomic mass is 19.3. The van der Waals surface area contributed by atoms with Crippen LogP contribution in [-0.4, -0.2) is 86.5 Å². The van der Waals surface area contributed by atoms with Crippen molar-refractivity contribution in [2.24, 2.45) is 0 Å². The third-order valence-electron chi connectivity index (χ3n) is 7.38. The summed E-state index contributed by atoms with van der Waals surface area (Å²) in [5.41, 5.74) is 9.04. The fourth-order valence-electron chi connectivity index (χ4n) is 5.37. The molecule has 1 aromatic carbocycles. The molecule has 10 nitrogen and oxygen atoms in total. The molecule has 2 atom stereocenters. The number of hydrogen-bond acceptors (Lipinski definition) is 8. The molecule has 196 valence electrons. The van der Waals surface area contributed by atoms with Gasteiger partial charge < -0.3 is 15.2 Å². The van der Waals surface area contributed by atoms with Crippen molar-refractivity contribution < 1.29 is 22.6 Å². The second-order valence-electron chi connectivity index (χ2n) is 9.74. The van der Waals surface area contributed by atoms with Crippen LogP contribution in [0.2, 0.25) is 0 Å². The van der Waals surface area contributed by atoms with Gasteiger partial charge in [0.2, 0.25) is 11.8 Å². The van der Waals surface area contributed by atoms with Gasteiger partial charge in [-0.1, -0.05) is 11.3 Å². The SMILES string of the molecule is COc1nc(N)nn2cc([C@H]3CCN(C4COC4)CC3(F)F)c(-c3ccc4nnn([C@H](C)CF)c4c3)c12. The van der Waals surface area contributed by atoms with Crippen LogP contribution in [0, 0.1) is 0 Å². The molecule has 0 unspecified atom stereocenters. The number of anilines is 1. The van der Waals surface area contributed by atoms with Crippen LogP contribution in [0.3, 0.4) is 0 Å². The molecule has 4 aromatic rings. The number of aromatic nitrogens is 6. The lowest BCUT2D eigenvalue weighted by Crippen LogP contribution is -2.57. The summed E-state index contributed by atoms with van der Waals surface area (Å²) in [5, 5.41) is 12.5. The van der Waals surface area contributed by atoms with Gasteiger partial charge in [0.1, 0.15) is 17.7 Å². The molecule has 2 aliphatic rings. The summed E-state index contributed by atoms with van der Waals surface area (Å²) in [6.07, 6.45) is 1.84. The van der Waals surface area contributed by atoms with Crippen LogP contribution in [0.1, 0.15) is 30.9 Å². The molecule has 13 heteroatoms. The van der Waals surface area contributed by atoms with E-state index in [1.165, 1.54) is 16.3 Å². The van der Waals surface area contributed by atoms with Gasteiger partial charge >= 0.3 is 0 Å². The summed E-state index contributed by atoms with van der Waals surface area (Å²) >= 11 is 0. The van der Waals surface area contributed by atoms with E-state index in [9.17, 15) is 4.39 Å². The molecule has 0 radical (unpaired) electrons. The van der Waals surface area contributed by atoms with Crippen LogP contribution in [0.15, 0.2) is 24.4 Å². The smallest absolute Gasteiger partial charge is 0.267 e. The number of nitrogen functional groups attached to an aromatic ring is 1. The number of alkyl halides is 3. The van der Waals surface area contributed by atoms with Crippen molar-refractivity contribution in [1.82, 2.24) is 34.5 Å². The Bertz CT molecular complexity index is 1470. The van der Waals surface area contributed by atoms with Gasteiger partial charge in [-0.3, -0.25) is 4.90 Å². The highest BCUT2D eigenvalue weighted by Gasteiger charge is 2.49. The van der Waals surface area contributed by atoms with Crippen molar-refractivity contribution in [2.75, 3.05) is 45.8 Å². The zero-order chi connectivity index (χ0) is 25.9. The molecular formula is C24H27F3N8O2. The van der Waals surface area contributed by atoms with Crippen molar-refractivity contribution >= 4 is 22.5 Å². The van der Waals surface area contributed by atoms with Gasteiger partial charge in [0.25, 0.3) is 5.92 Å². The Balaban J connectivity index is 1.54. The molecule has 0 bridgehead atoms. The minimum atomic E-state index is -3.00. The van der Waals surface area contributed by atoms with Crippen LogP contribution in [0.4, 0.5) is 19.1 Å². The Morgan fingerprint density at radius 2 is 2.11 bits per heavy atom. The fraction of sp³-hybridized carbons (Fsp3) is 0.500.